The maximum atomic E-state index is 10.9. The fraction of sp³-hybridized carbons (Fsp3) is 0.353. The number of Topliss-reactive ketones (excluding diaryl/α,β-unsaturated/α-hetero) is 1. The van der Waals surface area contributed by atoms with Crippen molar-refractivity contribution in [3.63, 3.8) is 0 Å². The van der Waals surface area contributed by atoms with Gasteiger partial charge in [-0.15, -0.1) is 0 Å². The van der Waals surface area contributed by atoms with Crippen LogP contribution in [-0.4, -0.2) is 18.9 Å². The molecule has 2 rings (SSSR count). The highest BCUT2D eigenvalue weighted by Gasteiger charge is 1.99. The van der Waals surface area contributed by atoms with Crippen LogP contribution in [0.4, 0.5) is 0 Å². The number of ketones is 1. The first-order valence-corrected chi connectivity index (χ1v) is 7.18. The lowest BCUT2D eigenvalue weighted by Gasteiger charge is -2.07. The summed E-state index contributed by atoms with van der Waals surface area (Å²) in [7, 11) is 0. The van der Waals surface area contributed by atoms with Crippen molar-refractivity contribution in [3.05, 3.63) is 54.0 Å². The summed E-state index contributed by atoms with van der Waals surface area (Å²) in [4.78, 5) is 10.9. The van der Waals surface area contributed by atoms with Crippen LogP contribution < -0.4 is 10.1 Å². The number of furan rings is 1. The van der Waals surface area contributed by atoms with Crippen molar-refractivity contribution in [3.8, 4) is 5.75 Å². The Morgan fingerprint density at radius 1 is 1.24 bits per heavy atom. The Bertz CT molecular complexity index is 532. The van der Waals surface area contributed by atoms with Gasteiger partial charge in [-0.05, 0) is 43.2 Å². The maximum Gasteiger partial charge on any atom is 0.130 e. The average Bonchev–Trinajstić information content (AvgIpc) is 2.99. The van der Waals surface area contributed by atoms with Gasteiger partial charge in [-0.2, -0.15) is 0 Å². The van der Waals surface area contributed by atoms with E-state index in [1.165, 1.54) is 0 Å². The number of nitrogens with one attached hydrogen (secondary N) is 1. The van der Waals surface area contributed by atoms with Crippen LogP contribution in [0.15, 0.2) is 47.1 Å². The maximum absolute atomic E-state index is 10.9. The summed E-state index contributed by atoms with van der Waals surface area (Å²) in [5.41, 5.74) is 1.16. The largest absolute Gasteiger partial charge is 0.492 e. The van der Waals surface area contributed by atoms with Gasteiger partial charge >= 0.3 is 0 Å². The summed E-state index contributed by atoms with van der Waals surface area (Å²) in [5.74, 6) is 1.99. The van der Waals surface area contributed by atoms with E-state index < -0.39 is 0 Å². The highest BCUT2D eigenvalue weighted by molar-refractivity contribution is 5.75. The lowest BCUT2D eigenvalue weighted by Crippen LogP contribution is -2.20. The highest BCUT2D eigenvalue weighted by atomic mass is 16.5. The van der Waals surface area contributed by atoms with Gasteiger partial charge in [-0.25, -0.2) is 0 Å². The molecule has 1 aromatic heterocycles. The Hall–Kier alpha value is -2.07. The third-order valence-corrected chi connectivity index (χ3v) is 3.12. The van der Waals surface area contributed by atoms with E-state index in [9.17, 15) is 4.79 Å². The predicted molar refractivity (Wildman–Crippen MR) is 81.4 cm³/mol. The van der Waals surface area contributed by atoms with Crippen molar-refractivity contribution in [2.45, 2.75) is 26.3 Å². The zero-order valence-electron chi connectivity index (χ0n) is 12.3. The number of carbonyl (C=O) groups is 1. The molecule has 0 saturated heterocycles. The van der Waals surface area contributed by atoms with E-state index in [2.05, 4.69) is 5.32 Å². The molecule has 21 heavy (non-hydrogen) atoms. The minimum absolute atomic E-state index is 0.220. The van der Waals surface area contributed by atoms with Crippen molar-refractivity contribution in [1.82, 2.24) is 5.32 Å². The Balaban J connectivity index is 1.63. The number of rotatable bonds is 9. The Kier molecular flexibility index (Phi) is 6.03. The van der Waals surface area contributed by atoms with Gasteiger partial charge in [0.05, 0.1) is 12.8 Å². The monoisotopic (exact) mass is 287 g/mol. The number of aryl methyl sites for hydroxylation is 1. The van der Waals surface area contributed by atoms with Crippen molar-refractivity contribution in [2.75, 3.05) is 13.2 Å². The molecular formula is C17H21NO3. The second kappa shape index (κ2) is 8.27. The number of hydrogen-bond donors (Lipinski definition) is 1. The predicted octanol–water partition coefficient (Wildman–Crippen LogP) is 2.97. The zero-order valence-corrected chi connectivity index (χ0v) is 12.3. The van der Waals surface area contributed by atoms with Gasteiger partial charge in [0.2, 0.25) is 0 Å². The lowest BCUT2D eigenvalue weighted by atomic mass is 10.1. The minimum atomic E-state index is 0.220. The summed E-state index contributed by atoms with van der Waals surface area (Å²) in [6.07, 6.45) is 3.05. The van der Waals surface area contributed by atoms with Gasteiger partial charge in [-0.3, -0.25) is 0 Å². The Morgan fingerprint density at radius 3 is 2.71 bits per heavy atom. The van der Waals surface area contributed by atoms with Crippen LogP contribution in [-0.2, 0) is 17.8 Å². The molecule has 4 heteroatoms. The second-order valence-electron chi connectivity index (χ2n) is 4.95. The van der Waals surface area contributed by atoms with Crippen molar-refractivity contribution in [2.24, 2.45) is 0 Å². The molecule has 112 valence electrons. The van der Waals surface area contributed by atoms with E-state index in [0.29, 0.717) is 19.6 Å². The number of ether oxygens (including phenoxy) is 1. The van der Waals surface area contributed by atoms with Gasteiger partial charge in [-0.1, -0.05) is 12.1 Å². The molecule has 0 atom stereocenters. The van der Waals surface area contributed by atoms with Crippen LogP contribution in [0.5, 0.6) is 5.75 Å². The van der Waals surface area contributed by atoms with Gasteiger partial charge in [0, 0.05) is 13.0 Å². The first kappa shape index (κ1) is 15.3. The van der Waals surface area contributed by atoms with E-state index in [-0.39, 0.29) is 5.78 Å². The van der Waals surface area contributed by atoms with Gasteiger partial charge in [0.25, 0.3) is 0 Å². The topological polar surface area (TPSA) is 51.5 Å². The van der Waals surface area contributed by atoms with Gasteiger partial charge < -0.3 is 19.3 Å². The molecule has 4 nitrogen and oxygen atoms in total. The van der Waals surface area contributed by atoms with Crippen molar-refractivity contribution in [1.29, 1.82) is 0 Å². The quantitative estimate of drug-likeness (QED) is 0.720. The van der Waals surface area contributed by atoms with Crippen LogP contribution in [0.2, 0.25) is 0 Å². The molecule has 2 aromatic rings. The van der Waals surface area contributed by atoms with Crippen LogP contribution >= 0.6 is 0 Å². The second-order valence-corrected chi connectivity index (χ2v) is 4.95. The average molecular weight is 287 g/mol. The summed E-state index contributed by atoms with van der Waals surface area (Å²) >= 11 is 0. The zero-order chi connectivity index (χ0) is 14.9. The normalized spacial score (nSPS) is 10.5. The Morgan fingerprint density at radius 2 is 2.05 bits per heavy atom. The van der Waals surface area contributed by atoms with Gasteiger partial charge in [0.15, 0.2) is 0 Å². The fourth-order valence-corrected chi connectivity index (χ4v) is 1.94. The smallest absolute Gasteiger partial charge is 0.130 e. The first-order valence-electron chi connectivity index (χ1n) is 7.18. The van der Waals surface area contributed by atoms with E-state index in [1.54, 1.807) is 13.2 Å². The molecule has 0 saturated carbocycles. The Labute approximate surface area is 125 Å². The number of carbonyl (C=O) groups excluding carboxylic acids is 1. The third kappa shape index (κ3) is 5.83. The SMILES string of the molecule is CC(=O)CCc1ccc(OCCNCc2ccco2)cc1. The van der Waals surface area contributed by atoms with Crippen LogP contribution in [0.3, 0.4) is 0 Å². The molecule has 0 fully saturated rings. The van der Waals surface area contributed by atoms with E-state index in [4.69, 9.17) is 9.15 Å². The molecule has 0 aliphatic carbocycles. The van der Waals surface area contributed by atoms with E-state index in [0.717, 1.165) is 30.0 Å². The molecule has 0 radical (unpaired) electrons. The molecule has 1 aromatic carbocycles. The standard InChI is InChI=1S/C17H21NO3/c1-14(19)4-5-15-6-8-16(9-7-15)21-12-10-18-13-17-3-2-11-20-17/h2-3,6-9,11,18H,4-5,10,12-13H2,1H3. The summed E-state index contributed by atoms with van der Waals surface area (Å²) in [6, 6.07) is 11.7. The van der Waals surface area contributed by atoms with E-state index >= 15 is 0 Å². The molecule has 0 spiro atoms. The molecule has 0 aliphatic heterocycles. The molecule has 0 unspecified atom stereocenters. The molecule has 0 amide bonds. The summed E-state index contributed by atoms with van der Waals surface area (Å²) in [5, 5.41) is 3.25. The van der Waals surface area contributed by atoms with Crippen LogP contribution in [0.1, 0.15) is 24.7 Å². The number of benzene rings is 1. The van der Waals surface area contributed by atoms with Crippen molar-refractivity contribution >= 4 is 5.78 Å². The molecular weight excluding hydrogens is 266 g/mol. The minimum Gasteiger partial charge on any atom is -0.492 e. The van der Waals surface area contributed by atoms with Gasteiger partial charge in [0.1, 0.15) is 23.9 Å². The van der Waals surface area contributed by atoms with E-state index in [1.807, 2.05) is 36.4 Å². The highest BCUT2D eigenvalue weighted by Crippen LogP contribution is 2.13. The first-order chi connectivity index (χ1) is 10.2. The third-order valence-electron chi connectivity index (χ3n) is 3.12. The van der Waals surface area contributed by atoms with Crippen LogP contribution in [0, 0.1) is 0 Å². The lowest BCUT2D eigenvalue weighted by molar-refractivity contribution is -0.116. The number of hydrogen-bond acceptors (Lipinski definition) is 4. The molecule has 1 heterocycles. The van der Waals surface area contributed by atoms with Crippen molar-refractivity contribution < 1.29 is 13.9 Å². The van der Waals surface area contributed by atoms with Crippen LogP contribution in [0.25, 0.3) is 0 Å². The summed E-state index contributed by atoms with van der Waals surface area (Å²) < 4.78 is 10.9. The fourth-order valence-electron chi connectivity index (χ4n) is 1.94. The molecule has 0 aliphatic rings. The summed E-state index contributed by atoms with van der Waals surface area (Å²) in [6.45, 7) is 3.69. The molecule has 1 N–H and O–H groups in total. The molecule has 0 bridgehead atoms.